The van der Waals surface area contributed by atoms with Gasteiger partial charge in [-0.1, -0.05) is 121 Å². The van der Waals surface area contributed by atoms with Gasteiger partial charge in [-0.05, 0) is 94.4 Å². The van der Waals surface area contributed by atoms with Gasteiger partial charge in [-0.15, -0.1) is 19.6 Å². The summed E-state index contributed by atoms with van der Waals surface area (Å²) in [5, 5.41) is 0. The van der Waals surface area contributed by atoms with Gasteiger partial charge in [0.2, 0.25) is 0 Å². The molecule has 8 heteroatoms. The maximum absolute atomic E-state index is 6.67. The second kappa shape index (κ2) is 26.8. The van der Waals surface area contributed by atoms with Crippen molar-refractivity contribution in [3.05, 3.63) is 194 Å². The Morgan fingerprint density at radius 3 is 1.41 bits per heavy atom. The number of terminal acetylenes is 1. The Balaban J connectivity index is 1.46. The zero-order valence-electron chi connectivity index (χ0n) is 38.0. The normalized spacial score (nSPS) is 11.3. The number of hydrogen-bond acceptors (Lipinski definition) is 8. The van der Waals surface area contributed by atoms with Gasteiger partial charge in [-0.2, -0.15) is 0 Å². The number of hydrogen-bond donors (Lipinski definition) is 0. The highest BCUT2D eigenvalue weighted by atomic mass is 16.5. The van der Waals surface area contributed by atoms with Crippen LogP contribution in [0.5, 0.6) is 23.0 Å². The van der Waals surface area contributed by atoms with Gasteiger partial charge in [0.05, 0.1) is 46.2 Å². The summed E-state index contributed by atoms with van der Waals surface area (Å²) in [6.45, 7) is 18.2. The minimum Gasteiger partial charge on any atom is -0.491 e. The van der Waals surface area contributed by atoms with E-state index in [-0.39, 0.29) is 12.5 Å². The third-order valence-corrected chi connectivity index (χ3v) is 10.3. The fraction of sp³-hybridized carbons (Fsp3) is 0.241. The van der Waals surface area contributed by atoms with Crippen molar-refractivity contribution in [1.29, 1.82) is 0 Å². The SMILES string of the molecule is C#CCOCCOc1ccc(-c2ccc(OCCOCC=C)cc2)cc1C(c1ccc(-c2ccccc2)cc1)c1cc(-c2ccc(OCCOCC=C)cc2)ccc1OCCOCC(=C)C. The zero-order valence-corrected chi connectivity index (χ0v) is 38.0. The van der Waals surface area contributed by atoms with Crippen LogP contribution < -0.4 is 18.9 Å². The monoisotopic (exact) mass is 884 g/mol. The van der Waals surface area contributed by atoms with Crippen molar-refractivity contribution in [2.75, 3.05) is 79.3 Å². The molecule has 6 aromatic rings. The minimum absolute atomic E-state index is 0.202. The molecule has 0 saturated heterocycles. The molecule has 0 aliphatic carbocycles. The molecule has 0 bridgehead atoms. The quantitative estimate of drug-likeness (QED) is 0.0200. The van der Waals surface area contributed by atoms with Crippen LogP contribution in [0.3, 0.4) is 0 Å². The summed E-state index contributed by atoms with van der Waals surface area (Å²) in [5.41, 5.74) is 10.2. The first kappa shape index (κ1) is 48.6. The predicted molar refractivity (Wildman–Crippen MR) is 266 cm³/mol. The molecular formula is C58H60O8. The Hall–Kier alpha value is -6.86. The van der Waals surface area contributed by atoms with Gasteiger partial charge in [0.25, 0.3) is 0 Å². The Bertz CT molecular complexity index is 2450. The highest BCUT2D eigenvalue weighted by Gasteiger charge is 2.26. The Labute approximate surface area is 391 Å². The zero-order chi connectivity index (χ0) is 46.2. The van der Waals surface area contributed by atoms with E-state index < -0.39 is 0 Å². The van der Waals surface area contributed by atoms with Crippen molar-refractivity contribution in [3.63, 3.8) is 0 Å². The predicted octanol–water partition coefficient (Wildman–Crippen LogP) is 12.0. The first-order chi connectivity index (χ1) is 32.5. The Kier molecular flexibility index (Phi) is 19.7. The smallest absolute Gasteiger partial charge is 0.123 e. The van der Waals surface area contributed by atoms with Crippen LogP contribution in [-0.2, 0) is 18.9 Å². The molecule has 0 N–H and O–H groups in total. The summed E-state index contributed by atoms with van der Waals surface area (Å²) in [6.07, 6.45) is 8.94. The van der Waals surface area contributed by atoms with Crippen molar-refractivity contribution in [1.82, 2.24) is 0 Å². The summed E-state index contributed by atoms with van der Waals surface area (Å²) in [5.74, 6) is 5.12. The van der Waals surface area contributed by atoms with Crippen LogP contribution in [0.25, 0.3) is 33.4 Å². The molecule has 0 aliphatic rings. The summed E-state index contributed by atoms with van der Waals surface area (Å²) in [6, 6.07) is 48.0. The largest absolute Gasteiger partial charge is 0.491 e. The summed E-state index contributed by atoms with van der Waals surface area (Å²) in [7, 11) is 0. The van der Waals surface area contributed by atoms with Crippen molar-refractivity contribution < 1.29 is 37.9 Å². The maximum Gasteiger partial charge on any atom is 0.123 e. The van der Waals surface area contributed by atoms with Crippen molar-refractivity contribution in [2.45, 2.75) is 12.8 Å². The van der Waals surface area contributed by atoms with E-state index in [9.17, 15) is 0 Å². The molecule has 0 spiro atoms. The van der Waals surface area contributed by atoms with Gasteiger partial charge in [-0.3, -0.25) is 0 Å². The molecular weight excluding hydrogens is 825 g/mol. The molecule has 8 nitrogen and oxygen atoms in total. The van der Waals surface area contributed by atoms with E-state index in [1.54, 1.807) is 12.2 Å². The minimum atomic E-state index is -0.362. The Morgan fingerprint density at radius 2 is 0.924 bits per heavy atom. The fourth-order valence-electron chi connectivity index (χ4n) is 7.25. The van der Waals surface area contributed by atoms with Gasteiger partial charge in [0, 0.05) is 17.0 Å². The van der Waals surface area contributed by atoms with Crippen LogP contribution in [0, 0.1) is 12.3 Å². The standard InChI is InChI=1S/C58H60O8/c1-6-30-59-33-37-63-52-24-18-47(19-25-52)50-22-28-56(65-39-35-61-32-8-3)54(41-50)58(49-16-14-46(15-17-49)45-12-10-9-11-13-45)55-42-51(23-29-57(55)66-40-36-62-43-44(4)5)48-20-26-53(27-21-48)64-38-34-60-31-7-2/h3,6-7,9-29,41-42,58H,1-2,4,30-40,43H2,5H3. The van der Waals surface area contributed by atoms with E-state index in [1.165, 1.54) is 0 Å². The lowest BCUT2D eigenvalue weighted by Crippen LogP contribution is -2.13. The molecule has 1 unspecified atom stereocenters. The average Bonchev–Trinajstić information content (AvgIpc) is 3.35. The van der Waals surface area contributed by atoms with Crippen LogP contribution in [0.15, 0.2) is 177 Å². The van der Waals surface area contributed by atoms with Gasteiger partial charge < -0.3 is 37.9 Å². The maximum atomic E-state index is 6.67. The van der Waals surface area contributed by atoms with Gasteiger partial charge in [0.1, 0.15) is 56.0 Å². The molecule has 340 valence electrons. The highest BCUT2D eigenvalue weighted by molar-refractivity contribution is 5.72. The molecule has 0 aromatic heterocycles. The third kappa shape index (κ3) is 14.8. The fourth-order valence-corrected chi connectivity index (χ4v) is 7.25. The molecule has 66 heavy (non-hydrogen) atoms. The van der Waals surface area contributed by atoms with E-state index >= 15 is 0 Å². The second-order valence-corrected chi connectivity index (χ2v) is 15.4. The summed E-state index contributed by atoms with van der Waals surface area (Å²) < 4.78 is 47.7. The molecule has 6 aromatic carbocycles. The van der Waals surface area contributed by atoms with E-state index in [1.807, 2.05) is 43.3 Å². The van der Waals surface area contributed by atoms with Gasteiger partial charge in [0.15, 0.2) is 0 Å². The van der Waals surface area contributed by atoms with Crippen LogP contribution in [0.4, 0.5) is 0 Å². The van der Waals surface area contributed by atoms with Crippen LogP contribution >= 0.6 is 0 Å². The molecule has 0 saturated carbocycles. The lowest BCUT2D eigenvalue weighted by Gasteiger charge is -2.26. The van der Waals surface area contributed by atoms with Crippen LogP contribution in [0.2, 0.25) is 0 Å². The van der Waals surface area contributed by atoms with E-state index in [0.29, 0.717) is 78.4 Å². The van der Waals surface area contributed by atoms with E-state index in [0.717, 1.165) is 72.9 Å². The lowest BCUT2D eigenvalue weighted by molar-refractivity contribution is 0.116. The lowest BCUT2D eigenvalue weighted by atomic mass is 9.81. The molecule has 6 rings (SSSR count). The second-order valence-electron chi connectivity index (χ2n) is 15.4. The highest BCUT2D eigenvalue weighted by Crippen LogP contribution is 2.45. The van der Waals surface area contributed by atoms with Gasteiger partial charge >= 0.3 is 0 Å². The first-order valence-corrected chi connectivity index (χ1v) is 22.2. The Morgan fingerprint density at radius 1 is 0.500 bits per heavy atom. The molecule has 0 amide bonds. The van der Waals surface area contributed by atoms with E-state index in [4.69, 9.17) is 44.3 Å². The average molecular weight is 885 g/mol. The summed E-state index contributed by atoms with van der Waals surface area (Å²) >= 11 is 0. The van der Waals surface area contributed by atoms with Crippen LogP contribution in [-0.4, -0.2) is 79.3 Å². The molecule has 0 heterocycles. The third-order valence-electron chi connectivity index (χ3n) is 10.3. The number of rotatable bonds is 29. The van der Waals surface area contributed by atoms with Gasteiger partial charge in [-0.25, -0.2) is 0 Å². The van der Waals surface area contributed by atoms with Crippen LogP contribution in [0.1, 0.15) is 29.5 Å². The number of benzene rings is 6. The number of ether oxygens (including phenoxy) is 8. The first-order valence-electron chi connectivity index (χ1n) is 22.2. The molecule has 0 aliphatic heterocycles. The summed E-state index contributed by atoms with van der Waals surface area (Å²) in [4.78, 5) is 0. The van der Waals surface area contributed by atoms with Crippen molar-refractivity contribution in [2.24, 2.45) is 0 Å². The molecule has 1 atom stereocenters. The van der Waals surface area contributed by atoms with Crippen molar-refractivity contribution in [3.8, 4) is 68.7 Å². The van der Waals surface area contributed by atoms with E-state index in [2.05, 4.69) is 129 Å². The van der Waals surface area contributed by atoms with Crippen molar-refractivity contribution >= 4 is 0 Å². The molecule has 0 radical (unpaired) electrons. The topological polar surface area (TPSA) is 73.8 Å². The molecule has 0 fully saturated rings.